The van der Waals surface area contributed by atoms with E-state index in [0.29, 0.717) is 19.5 Å². The predicted octanol–water partition coefficient (Wildman–Crippen LogP) is 1.09. The first-order chi connectivity index (χ1) is 14.3. The van der Waals surface area contributed by atoms with Crippen LogP contribution in [0.3, 0.4) is 0 Å². The molecule has 0 spiro atoms. The number of rotatable bonds is 7. The number of non-ortho nitro benzene ring substituents is 1. The van der Waals surface area contributed by atoms with E-state index in [1.165, 1.54) is 40.1 Å². The maximum atomic E-state index is 13.3. The second-order valence-electron chi connectivity index (χ2n) is 6.62. The van der Waals surface area contributed by atoms with E-state index in [1.54, 1.807) is 18.2 Å². The molecule has 30 heavy (non-hydrogen) atoms. The van der Waals surface area contributed by atoms with Crippen LogP contribution in [-0.2, 0) is 19.6 Å². The van der Waals surface area contributed by atoms with Gasteiger partial charge in [0.05, 0.1) is 15.5 Å². The van der Waals surface area contributed by atoms with Crippen LogP contribution in [0.25, 0.3) is 0 Å². The van der Waals surface area contributed by atoms with Gasteiger partial charge < -0.3 is 9.80 Å². The fraction of sp³-hybridized carbons (Fsp3) is 0.263. The van der Waals surface area contributed by atoms with Crippen LogP contribution in [0.1, 0.15) is 0 Å². The van der Waals surface area contributed by atoms with Crippen LogP contribution in [0.15, 0.2) is 59.5 Å². The molecule has 158 valence electrons. The molecule has 0 saturated carbocycles. The van der Waals surface area contributed by atoms with Gasteiger partial charge in [-0.25, -0.2) is 8.42 Å². The number of carbonyl (C=O) groups is 2. The van der Waals surface area contributed by atoms with Gasteiger partial charge in [0, 0.05) is 38.3 Å². The van der Waals surface area contributed by atoms with Gasteiger partial charge >= 0.3 is 0 Å². The van der Waals surface area contributed by atoms with Crippen LogP contribution < -0.4 is 4.31 Å². The number of benzene rings is 2. The molecule has 3 rings (SSSR count). The third-order valence-electron chi connectivity index (χ3n) is 4.75. The molecule has 0 N–H and O–H groups in total. The Morgan fingerprint density at radius 2 is 1.73 bits per heavy atom. The van der Waals surface area contributed by atoms with Crippen molar-refractivity contribution in [1.82, 2.24) is 9.80 Å². The van der Waals surface area contributed by atoms with Crippen LogP contribution in [0.4, 0.5) is 11.4 Å². The van der Waals surface area contributed by atoms with Crippen molar-refractivity contribution in [2.75, 3.05) is 37.0 Å². The zero-order valence-corrected chi connectivity index (χ0v) is 16.8. The number of nitro groups is 1. The van der Waals surface area contributed by atoms with Crippen molar-refractivity contribution in [3.8, 4) is 0 Å². The largest absolute Gasteiger partial charge is 0.342 e. The van der Waals surface area contributed by atoms with Crippen LogP contribution in [-0.4, -0.2) is 68.2 Å². The van der Waals surface area contributed by atoms with Gasteiger partial charge in [-0.1, -0.05) is 24.3 Å². The number of hydrogen-bond donors (Lipinski definition) is 0. The van der Waals surface area contributed by atoms with E-state index in [0.717, 1.165) is 10.4 Å². The summed E-state index contributed by atoms with van der Waals surface area (Å²) in [5.41, 5.74) is -0.263. The van der Waals surface area contributed by atoms with E-state index in [2.05, 4.69) is 0 Å². The molecule has 1 fully saturated rings. The lowest BCUT2D eigenvalue weighted by molar-refractivity contribution is -0.384. The van der Waals surface area contributed by atoms with Crippen molar-refractivity contribution in [1.29, 1.82) is 0 Å². The topological polar surface area (TPSA) is 121 Å². The molecule has 0 aromatic heterocycles. The summed E-state index contributed by atoms with van der Waals surface area (Å²) in [7, 11) is -4.15. The van der Waals surface area contributed by atoms with Crippen molar-refractivity contribution in [3.63, 3.8) is 0 Å². The van der Waals surface area contributed by atoms with Crippen molar-refractivity contribution in [2.24, 2.45) is 0 Å². The highest BCUT2D eigenvalue weighted by molar-refractivity contribution is 7.92. The number of nitrogens with zero attached hydrogens (tertiary/aromatic N) is 4. The quantitative estimate of drug-likeness (QED) is 0.367. The summed E-state index contributed by atoms with van der Waals surface area (Å²) in [6.07, 6.45) is 0.705. The summed E-state index contributed by atoms with van der Waals surface area (Å²) >= 11 is 0. The van der Waals surface area contributed by atoms with E-state index >= 15 is 0 Å². The van der Waals surface area contributed by atoms with E-state index < -0.39 is 27.4 Å². The number of piperazine rings is 1. The van der Waals surface area contributed by atoms with Gasteiger partial charge in [0.2, 0.25) is 12.3 Å². The lowest BCUT2D eigenvalue weighted by atomic mass is 10.2. The number of sulfonamides is 1. The highest BCUT2D eigenvalue weighted by Gasteiger charge is 2.30. The molecule has 0 aliphatic carbocycles. The zero-order valence-electron chi connectivity index (χ0n) is 16.0. The molecule has 0 atom stereocenters. The maximum Gasteiger partial charge on any atom is 0.271 e. The molecule has 11 heteroatoms. The lowest BCUT2D eigenvalue weighted by Gasteiger charge is -2.34. The number of hydrogen-bond acceptors (Lipinski definition) is 6. The fourth-order valence-corrected chi connectivity index (χ4v) is 4.52. The SMILES string of the molecule is O=CN1CCN(C(=O)CN(c2cccc([N+](=O)[O-])c2)S(=O)(=O)c2ccccc2)CC1. The Labute approximate surface area is 173 Å². The minimum Gasteiger partial charge on any atom is -0.342 e. The Bertz CT molecular complexity index is 1040. The smallest absolute Gasteiger partial charge is 0.271 e. The first kappa shape index (κ1) is 21.2. The molecule has 0 bridgehead atoms. The van der Waals surface area contributed by atoms with E-state index in [9.17, 15) is 28.1 Å². The van der Waals surface area contributed by atoms with E-state index in [-0.39, 0.29) is 29.4 Å². The summed E-state index contributed by atoms with van der Waals surface area (Å²) in [5.74, 6) is -0.452. The molecule has 2 aromatic rings. The lowest BCUT2D eigenvalue weighted by Crippen LogP contribution is -2.51. The average molecular weight is 432 g/mol. The third kappa shape index (κ3) is 4.57. The Balaban J connectivity index is 1.94. The molecule has 1 aliphatic heterocycles. The van der Waals surface area contributed by atoms with Crippen molar-refractivity contribution in [2.45, 2.75) is 4.90 Å². The van der Waals surface area contributed by atoms with Crippen LogP contribution in [0, 0.1) is 10.1 Å². The predicted molar refractivity (Wildman–Crippen MR) is 108 cm³/mol. The fourth-order valence-electron chi connectivity index (χ4n) is 3.10. The van der Waals surface area contributed by atoms with Gasteiger partial charge in [0.15, 0.2) is 0 Å². The van der Waals surface area contributed by atoms with Crippen LogP contribution in [0.2, 0.25) is 0 Å². The Morgan fingerprint density at radius 1 is 1.07 bits per heavy atom. The zero-order chi connectivity index (χ0) is 21.7. The first-order valence-electron chi connectivity index (χ1n) is 9.12. The summed E-state index contributed by atoms with van der Waals surface area (Å²) < 4.78 is 27.4. The Kier molecular flexibility index (Phi) is 6.31. The van der Waals surface area contributed by atoms with Gasteiger partial charge in [-0.2, -0.15) is 0 Å². The molecule has 1 heterocycles. The normalized spacial score (nSPS) is 14.3. The molecule has 2 amide bonds. The summed E-state index contributed by atoms with van der Waals surface area (Å²) in [6, 6.07) is 12.7. The Morgan fingerprint density at radius 3 is 2.33 bits per heavy atom. The minimum atomic E-state index is -4.15. The number of nitro benzene ring substituents is 1. The maximum absolute atomic E-state index is 13.3. The standard InChI is InChI=1S/C19H20N4O6S/c24-15-20-9-11-21(12-10-20)19(25)14-22(16-5-4-6-17(13-16)23(26)27)30(28,29)18-7-2-1-3-8-18/h1-8,13,15H,9-12,14H2. The number of anilines is 1. The van der Waals surface area contributed by atoms with Crippen LogP contribution >= 0.6 is 0 Å². The molecule has 2 aromatic carbocycles. The molecule has 10 nitrogen and oxygen atoms in total. The second kappa shape index (κ2) is 8.91. The van der Waals surface area contributed by atoms with Gasteiger partial charge in [0.1, 0.15) is 6.54 Å². The van der Waals surface area contributed by atoms with E-state index in [4.69, 9.17) is 0 Å². The Hall–Kier alpha value is -3.47. The van der Waals surface area contributed by atoms with Gasteiger partial charge in [-0.3, -0.25) is 24.0 Å². The summed E-state index contributed by atoms with van der Waals surface area (Å²) in [5, 5.41) is 11.2. The minimum absolute atomic E-state index is 0.0212. The monoisotopic (exact) mass is 432 g/mol. The molecular weight excluding hydrogens is 412 g/mol. The van der Waals surface area contributed by atoms with Gasteiger partial charge in [0.25, 0.3) is 15.7 Å². The molecular formula is C19H20N4O6S. The number of amides is 2. The van der Waals surface area contributed by atoms with Crippen molar-refractivity contribution in [3.05, 3.63) is 64.7 Å². The van der Waals surface area contributed by atoms with E-state index in [1.807, 2.05) is 0 Å². The van der Waals surface area contributed by atoms with Crippen molar-refractivity contribution >= 4 is 33.7 Å². The second-order valence-corrected chi connectivity index (χ2v) is 8.49. The van der Waals surface area contributed by atoms with Crippen molar-refractivity contribution < 1.29 is 22.9 Å². The molecule has 1 aliphatic rings. The third-order valence-corrected chi connectivity index (χ3v) is 6.54. The molecule has 1 saturated heterocycles. The highest BCUT2D eigenvalue weighted by atomic mass is 32.2. The highest BCUT2D eigenvalue weighted by Crippen LogP contribution is 2.27. The first-order valence-corrected chi connectivity index (χ1v) is 10.6. The summed E-state index contributed by atoms with van der Waals surface area (Å²) in [6.45, 7) is 0.770. The molecule has 0 radical (unpaired) electrons. The van der Waals surface area contributed by atoms with Crippen LogP contribution in [0.5, 0.6) is 0 Å². The number of carbonyl (C=O) groups excluding carboxylic acids is 2. The van der Waals surface area contributed by atoms with Gasteiger partial charge in [-0.05, 0) is 18.2 Å². The summed E-state index contributed by atoms with van der Waals surface area (Å²) in [4.78, 5) is 37.2. The molecule has 0 unspecified atom stereocenters. The van der Waals surface area contributed by atoms with Gasteiger partial charge in [-0.15, -0.1) is 0 Å². The average Bonchev–Trinajstić information content (AvgIpc) is 2.78.